The normalized spacial score (nSPS) is 12.5. The van der Waals surface area contributed by atoms with Gasteiger partial charge in [0.2, 0.25) is 0 Å². The number of rotatable bonds is 5. The summed E-state index contributed by atoms with van der Waals surface area (Å²) in [6.45, 7) is -3.84. The van der Waals surface area contributed by atoms with E-state index in [1.54, 1.807) is 0 Å². The Hall–Kier alpha value is -1.78. The average molecular weight is 464 g/mol. The molecule has 1 amide bonds. The van der Waals surface area contributed by atoms with E-state index in [-0.39, 0.29) is 87.3 Å². The smallest absolute Gasteiger partial charge is 0.449 e. The van der Waals surface area contributed by atoms with Gasteiger partial charge in [-0.05, 0) is 40.8 Å². The third-order valence-corrected chi connectivity index (χ3v) is 5.68. The van der Waals surface area contributed by atoms with Gasteiger partial charge in [0.05, 0.1) is 0 Å². The van der Waals surface area contributed by atoms with Crippen LogP contribution in [0.15, 0.2) is 60.7 Å². The Morgan fingerprint density at radius 1 is 1.03 bits per heavy atom. The quantitative estimate of drug-likeness (QED) is 0.446. The standard InChI is InChI=1S/C23H21BF3N2O2.K/c1-14-21(24(25,26)27)10-15(11-22(14)28)12-29-23(30)31-13-20-18-8-4-2-6-16(18)17-7-3-5-9-19(17)20;/h2-11,20H,12-13,28H2,1H3,(H,29,30);/q-1;+1. The minimum Gasteiger partial charge on any atom is -0.449 e. The van der Waals surface area contributed by atoms with Crippen LogP contribution in [-0.2, 0) is 11.3 Å². The van der Waals surface area contributed by atoms with Gasteiger partial charge in [0.15, 0.2) is 0 Å². The Bertz CT molecular complexity index is 1110. The van der Waals surface area contributed by atoms with Crippen molar-refractivity contribution in [2.45, 2.75) is 19.4 Å². The van der Waals surface area contributed by atoms with Crippen molar-refractivity contribution in [3.05, 3.63) is 82.9 Å². The molecule has 0 spiro atoms. The van der Waals surface area contributed by atoms with E-state index < -0.39 is 18.5 Å². The van der Waals surface area contributed by atoms with Gasteiger partial charge in [-0.3, -0.25) is 0 Å². The van der Waals surface area contributed by atoms with Gasteiger partial charge in [-0.15, -0.1) is 5.46 Å². The number of amides is 1. The third kappa shape index (κ3) is 5.07. The molecule has 0 unspecified atom stereocenters. The van der Waals surface area contributed by atoms with Crippen molar-refractivity contribution in [3.8, 4) is 11.1 Å². The fourth-order valence-corrected chi connectivity index (χ4v) is 4.09. The molecule has 32 heavy (non-hydrogen) atoms. The summed E-state index contributed by atoms with van der Waals surface area (Å²) in [6, 6.07) is 18.4. The number of fused-ring (bicyclic) bond motifs is 3. The Labute approximate surface area is 227 Å². The number of nitrogen functional groups attached to an aromatic ring is 1. The zero-order valence-corrected chi connectivity index (χ0v) is 21.0. The zero-order chi connectivity index (χ0) is 22.2. The molecule has 0 bridgehead atoms. The van der Waals surface area contributed by atoms with Crippen molar-refractivity contribution in [1.29, 1.82) is 0 Å². The Balaban J connectivity index is 0.00000289. The molecule has 160 valence electrons. The maximum absolute atomic E-state index is 13.2. The largest absolute Gasteiger partial charge is 1.00 e. The fraction of sp³-hybridized carbons (Fsp3) is 0.174. The molecular formula is C23H21BF3KN2O2. The van der Waals surface area contributed by atoms with Crippen LogP contribution in [0.3, 0.4) is 0 Å². The second-order valence-corrected chi connectivity index (χ2v) is 7.65. The number of ether oxygens (including phenoxy) is 1. The van der Waals surface area contributed by atoms with Crippen LogP contribution in [0.4, 0.5) is 23.4 Å². The Kier molecular flexibility index (Phi) is 7.77. The molecule has 9 heteroatoms. The molecule has 3 aromatic rings. The summed E-state index contributed by atoms with van der Waals surface area (Å²) in [5, 5.41) is 2.52. The molecule has 0 heterocycles. The average Bonchev–Trinajstić information content (AvgIpc) is 3.06. The summed E-state index contributed by atoms with van der Waals surface area (Å²) in [6.07, 6.45) is -0.694. The number of hydrogen-bond donors (Lipinski definition) is 2. The van der Waals surface area contributed by atoms with Gasteiger partial charge >= 0.3 is 64.5 Å². The number of hydrogen-bond acceptors (Lipinski definition) is 3. The Morgan fingerprint density at radius 2 is 1.59 bits per heavy atom. The van der Waals surface area contributed by atoms with Crippen molar-refractivity contribution in [2.75, 3.05) is 12.3 Å². The number of alkyl carbamates (subject to hydrolysis) is 1. The van der Waals surface area contributed by atoms with Gasteiger partial charge in [0.1, 0.15) is 6.61 Å². The van der Waals surface area contributed by atoms with Crippen LogP contribution >= 0.6 is 0 Å². The van der Waals surface area contributed by atoms with E-state index in [0.29, 0.717) is 0 Å². The fourth-order valence-electron chi connectivity index (χ4n) is 4.09. The number of nitrogens with two attached hydrogens (primary N) is 1. The molecule has 0 saturated carbocycles. The number of anilines is 1. The molecule has 0 fully saturated rings. The van der Waals surface area contributed by atoms with Gasteiger partial charge in [0, 0.05) is 18.2 Å². The van der Waals surface area contributed by atoms with Crippen molar-refractivity contribution in [3.63, 3.8) is 0 Å². The molecule has 4 rings (SSSR count). The van der Waals surface area contributed by atoms with Crippen molar-refractivity contribution in [1.82, 2.24) is 5.32 Å². The van der Waals surface area contributed by atoms with Crippen LogP contribution < -0.4 is 67.9 Å². The first-order chi connectivity index (χ1) is 14.8. The van der Waals surface area contributed by atoms with Gasteiger partial charge in [-0.2, -0.15) is 0 Å². The Morgan fingerprint density at radius 3 is 2.16 bits per heavy atom. The molecular weight excluding hydrogens is 443 g/mol. The molecule has 0 atom stereocenters. The number of halogens is 3. The van der Waals surface area contributed by atoms with E-state index in [2.05, 4.69) is 5.32 Å². The van der Waals surface area contributed by atoms with Crippen LogP contribution in [0.2, 0.25) is 0 Å². The summed E-state index contributed by atoms with van der Waals surface area (Å²) in [7, 11) is 0. The SMILES string of the molecule is Cc1c(N)cc(CNC(=O)OCC2c3ccccc3-c3ccccc32)cc1[B-](F)(F)F.[K+]. The summed E-state index contributed by atoms with van der Waals surface area (Å²) < 4.78 is 45.1. The van der Waals surface area contributed by atoms with E-state index in [4.69, 9.17) is 10.5 Å². The molecule has 3 aromatic carbocycles. The maximum Gasteiger partial charge on any atom is 1.00 e. The zero-order valence-electron chi connectivity index (χ0n) is 17.9. The van der Waals surface area contributed by atoms with E-state index in [1.807, 2.05) is 48.5 Å². The molecule has 0 aliphatic heterocycles. The predicted molar refractivity (Wildman–Crippen MR) is 116 cm³/mol. The molecule has 1 aliphatic rings. The number of nitrogens with one attached hydrogen (secondary N) is 1. The van der Waals surface area contributed by atoms with Gasteiger partial charge in [-0.1, -0.05) is 60.2 Å². The van der Waals surface area contributed by atoms with Gasteiger partial charge < -0.3 is 28.7 Å². The summed E-state index contributed by atoms with van der Waals surface area (Å²) >= 11 is 0. The molecule has 0 aromatic heterocycles. The first kappa shape index (κ1) is 24.9. The molecule has 1 aliphatic carbocycles. The summed E-state index contributed by atoms with van der Waals surface area (Å²) in [5.74, 6) is -0.0901. The van der Waals surface area contributed by atoms with E-state index in [0.717, 1.165) is 28.3 Å². The van der Waals surface area contributed by atoms with Crippen LogP contribution in [0, 0.1) is 6.92 Å². The second-order valence-electron chi connectivity index (χ2n) is 7.65. The van der Waals surface area contributed by atoms with Crippen LogP contribution in [0.5, 0.6) is 0 Å². The van der Waals surface area contributed by atoms with Crippen molar-refractivity contribution >= 4 is 24.2 Å². The monoisotopic (exact) mass is 464 g/mol. The summed E-state index contributed by atoms with van der Waals surface area (Å²) in [4.78, 5) is 12.2. The van der Waals surface area contributed by atoms with Crippen LogP contribution in [0.1, 0.15) is 28.2 Å². The molecule has 3 N–H and O–H groups in total. The van der Waals surface area contributed by atoms with Crippen molar-refractivity contribution in [2.24, 2.45) is 0 Å². The van der Waals surface area contributed by atoms with E-state index in [9.17, 15) is 17.7 Å². The van der Waals surface area contributed by atoms with Gasteiger partial charge in [-0.25, -0.2) is 4.79 Å². The molecule has 0 saturated heterocycles. The van der Waals surface area contributed by atoms with Crippen LogP contribution in [0.25, 0.3) is 11.1 Å². The topological polar surface area (TPSA) is 64.3 Å². The predicted octanol–water partition coefficient (Wildman–Crippen LogP) is 1.67. The molecule has 4 nitrogen and oxygen atoms in total. The van der Waals surface area contributed by atoms with E-state index >= 15 is 0 Å². The number of benzene rings is 3. The number of carbonyl (C=O) groups is 1. The first-order valence-corrected chi connectivity index (χ1v) is 9.93. The minimum absolute atomic E-state index is 0. The van der Waals surface area contributed by atoms with E-state index in [1.165, 1.54) is 13.0 Å². The first-order valence-electron chi connectivity index (χ1n) is 9.93. The second kappa shape index (κ2) is 10.0. The van der Waals surface area contributed by atoms with Crippen LogP contribution in [-0.4, -0.2) is 19.7 Å². The van der Waals surface area contributed by atoms with Gasteiger partial charge in [0.25, 0.3) is 0 Å². The minimum atomic E-state index is -5.19. The third-order valence-electron chi connectivity index (χ3n) is 5.68. The molecule has 0 radical (unpaired) electrons. The summed E-state index contributed by atoms with van der Waals surface area (Å²) in [5.41, 5.74) is 9.68. The number of carbonyl (C=O) groups excluding carboxylic acids is 1. The maximum atomic E-state index is 13.2. The van der Waals surface area contributed by atoms with Crippen molar-refractivity contribution < 1.29 is 73.9 Å².